The second kappa shape index (κ2) is 6.30. The van der Waals surface area contributed by atoms with Crippen molar-refractivity contribution in [2.45, 2.75) is 78.8 Å². The molecule has 2 atom stereocenters. The number of hydrogen-bond acceptors (Lipinski definition) is 3. The van der Waals surface area contributed by atoms with Gasteiger partial charge in [0.05, 0.1) is 5.69 Å². The average Bonchev–Trinajstić information content (AvgIpc) is 2.82. The smallest absolute Gasteiger partial charge is 0.137 e. The van der Waals surface area contributed by atoms with E-state index in [1.807, 2.05) is 0 Å². The average molecular weight is 278 g/mol. The van der Waals surface area contributed by atoms with Gasteiger partial charge in [-0.1, -0.05) is 46.2 Å². The molecule has 0 saturated heterocycles. The third-order valence-corrected chi connectivity index (χ3v) is 4.85. The topological polar surface area (TPSA) is 38.1 Å². The predicted molar refractivity (Wildman–Crippen MR) is 82.8 cm³/mol. The van der Waals surface area contributed by atoms with E-state index in [9.17, 15) is 0 Å². The van der Waals surface area contributed by atoms with Crippen LogP contribution in [0.4, 0.5) is 0 Å². The van der Waals surface area contributed by atoms with Crippen LogP contribution >= 0.6 is 0 Å². The van der Waals surface area contributed by atoms with Crippen LogP contribution in [-0.2, 0) is 12.8 Å². The Bertz CT molecular complexity index is 422. The van der Waals surface area contributed by atoms with Gasteiger partial charge < -0.3 is 9.84 Å². The Labute approximate surface area is 123 Å². The summed E-state index contributed by atoms with van der Waals surface area (Å²) in [6.07, 6.45) is 5.72. The molecule has 3 nitrogen and oxygen atoms in total. The van der Waals surface area contributed by atoms with Gasteiger partial charge in [-0.3, -0.25) is 0 Å². The van der Waals surface area contributed by atoms with Gasteiger partial charge in [0.15, 0.2) is 0 Å². The molecule has 1 aliphatic carbocycles. The van der Waals surface area contributed by atoms with E-state index in [0.717, 1.165) is 24.3 Å². The molecule has 3 heteroatoms. The van der Waals surface area contributed by atoms with E-state index in [2.05, 4.69) is 51.2 Å². The zero-order chi connectivity index (χ0) is 14.8. The van der Waals surface area contributed by atoms with Gasteiger partial charge in [0.25, 0.3) is 0 Å². The highest BCUT2D eigenvalue weighted by Gasteiger charge is 2.47. The summed E-state index contributed by atoms with van der Waals surface area (Å²) in [6, 6.07) is 3.36. The van der Waals surface area contributed by atoms with Gasteiger partial charge in [-0.2, -0.15) is 0 Å². The number of aryl methyl sites for hydroxylation is 1. The first-order valence-corrected chi connectivity index (χ1v) is 8.14. The van der Waals surface area contributed by atoms with E-state index in [1.54, 1.807) is 0 Å². The number of unbranched alkanes of at least 4 members (excludes halogenated alkanes) is 1. The van der Waals surface area contributed by atoms with Crippen LogP contribution in [-0.4, -0.2) is 17.2 Å². The summed E-state index contributed by atoms with van der Waals surface area (Å²) in [4.78, 5) is 0. The Morgan fingerprint density at radius 3 is 2.80 bits per heavy atom. The molecule has 0 aromatic carbocycles. The van der Waals surface area contributed by atoms with Crippen LogP contribution in [0.1, 0.15) is 65.3 Å². The summed E-state index contributed by atoms with van der Waals surface area (Å²) in [5.41, 5.74) is 1.49. The van der Waals surface area contributed by atoms with Gasteiger partial charge in [0, 0.05) is 24.6 Å². The Balaban J connectivity index is 1.87. The minimum atomic E-state index is 0.354. The van der Waals surface area contributed by atoms with Gasteiger partial charge in [-0.15, -0.1) is 0 Å². The predicted octanol–water partition coefficient (Wildman–Crippen LogP) is 3.97. The first-order valence-electron chi connectivity index (χ1n) is 8.14. The first-order chi connectivity index (χ1) is 9.43. The largest absolute Gasteiger partial charge is 0.361 e. The standard InChI is InChI=1S/C17H30N2O/c1-6-7-8-15-11-14(19-20-15)9-13-10-16(17(13,4)5)18-12(2)3/h11-13,16,18H,6-10H2,1-5H3/t13-,16+/m1/s1. The summed E-state index contributed by atoms with van der Waals surface area (Å²) in [6.45, 7) is 11.4. The fourth-order valence-electron chi connectivity index (χ4n) is 3.22. The lowest BCUT2D eigenvalue weighted by molar-refractivity contribution is 0.00900. The molecule has 114 valence electrons. The van der Waals surface area contributed by atoms with Crippen molar-refractivity contribution in [3.8, 4) is 0 Å². The van der Waals surface area contributed by atoms with Crippen molar-refractivity contribution in [3.63, 3.8) is 0 Å². The quantitative estimate of drug-likeness (QED) is 0.820. The van der Waals surface area contributed by atoms with Gasteiger partial charge in [0.1, 0.15) is 5.76 Å². The maximum Gasteiger partial charge on any atom is 0.137 e. The van der Waals surface area contributed by atoms with Crippen molar-refractivity contribution in [1.82, 2.24) is 10.5 Å². The Morgan fingerprint density at radius 1 is 1.45 bits per heavy atom. The van der Waals surface area contributed by atoms with Gasteiger partial charge in [0.2, 0.25) is 0 Å². The SMILES string of the molecule is CCCCc1cc(C[C@@H]2C[C@H](NC(C)C)C2(C)C)no1. The summed E-state index contributed by atoms with van der Waals surface area (Å²) >= 11 is 0. The van der Waals surface area contributed by atoms with Crippen LogP contribution in [0.25, 0.3) is 0 Å². The Hall–Kier alpha value is -0.830. The molecule has 1 saturated carbocycles. The number of nitrogens with one attached hydrogen (secondary N) is 1. The molecule has 1 aromatic heterocycles. The molecule has 1 aromatic rings. The van der Waals surface area contributed by atoms with Gasteiger partial charge in [-0.05, 0) is 30.6 Å². The molecule has 0 radical (unpaired) electrons. The van der Waals surface area contributed by atoms with E-state index in [1.165, 1.54) is 19.3 Å². The lowest BCUT2D eigenvalue weighted by Gasteiger charge is -2.53. The third kappa shape index (κ3) is 3.43. The molecule has 1 N–H and O–H groups in total. The molecule has 0 aliphatic heterocycles. The molecule has 0 unspecified atom stereocenters. The van der Waals surface area contributed by atoms with Crippen LogP contribution in [0.15, 0.2) is 10.6 Å². The van der Waals surface area contributed by atoms with Crippen molar-refractivity contribution in [3.05, 3.63) is 17.5 Å². The normalized spacial score (nSPS) is 24.9. The molecular formula is C17H30N2O. The monoisotopic (exact) mass is 278 g/mol. The third-order valence-electron chi connectivity index (χ3n) is 4.85. The van der Waals surface area contributed by atoms with E-state index in [0.29, 0.717) is 23.4 Å². The van der Waals surface area contributed by atoms with Crippen molar-refractivity contribution in [1.29, 1.82) is 0 Å². The highest BCUT2D eigenvalue weighted by molar-refractivity contribution is 5.11. The summed E-state index contributed by atoms with van der Waals surface area (Å²) in [5.74, 6) is 1.76. The number of hydrogen-bond donors (Lipinski definition) is 1. The summed E-state index contributed by atoms with van der Waals surface area (Å²) in [7, 11) is 0. The molecule has 0 amide bonds. The zero-order valence-electron chi connectivity index (χ0n) is 13.7. The molecule has 20 heavy (non-hydrogen) atoms. The molecule has 2 rings (SSSR count). The van der Waals surface area contributed by atoms with Crippen molar-refractivity contribution in [2.75, 3.05) is 0 Å². The molecular weight excluding hydrogens is 248 g/mol. The van der Waals surface area contributed by atoms with Crippen LogP contribution in [0.2, 0.25) is 0 Å². The Kier molecular flexibility index (Phi) is 4.90. The maximum absolute atomic E-state index is 5.43. The highest BCUT2D eigenvalue weighted by Crippen LogP contribution is 2.47. The zero-order valence-corrected chi connectivity index (χ0v) is 13.7. The van der Waals surface area contributed by atoms with Crippen LogP contribution in [0, 0.1) is 11.3 Å². The lowest BCUT2D eigenvalue weighted by atomic mass is 9.57. The highest BCUT2D eigenvalue weighted by atomic mass is 16.5. The number of rotatable bonds is 7. The van der Waals surface area contributed by atoms with E-state index in [4.69, 9.17) is 4.52 Å². The minimum Gasteiger partial charge on any atom is -0.361 e. The van der Waals surface area contributed by atoms with Crippen molar-refractivity contribution < 1.29 is 4.52 Å². The Morgan fingerprint density at radius 2 is 2.20 bits per heavy atom. The van der Waals surface area contributed by atoms with Crippen LogP contribution in [0.3, 0.4) is 0 Å². The van der Waals surface area contributed by atoms with E-state index < -0.39 is 0 Å². The van der Waals surface area contributed by atoms with Crippen molar-refractivity contribution in [2.24, 2.45) is 11.3 Å². The second-order valence-corrected chi connectivity index (χ2v) is 7.22. The van der Waals surface area contributed by atoms with Crippen LogP contribution < -0.4 is 5.32 Å². The minimum absolute atomic E-state index is 0.354. The second-order valence-electron chi connectivity index (χ2n) is 7.22. The molecule has 0 spiro atoms. The number of nitrogens with zero attached hydrogens (tertiary/aromatic N) is 1. The lowest BCUT2D eigenvalue weighted by Crippen LogP contribution is -2.58. The first kappa shape index (κ1) is 15.6. The van der Waals surface area contributed by atoms with E-state index >= 15 is 0 Å². The molecule has 1 fully saturated rings. The maximum atomic E-state index is 5.43. The molecule has 0 bridgehead atoms. The molecule has 1 heterocycles. The van der Waals surface area contributed by atoms with Gasteiger partial charge in [-0.25, -0.2) is 0 Å². The summed E-state index contributed by atoms with van der Waals surface area (Å²) in [5, 5.41) is 7.92. The summed E-state index contributed by atoms with van der Waals surface area (Å²) < 4.78 is 5.43. The molecule has 1 aliphatic rings. The van der Waals surface area contributed by atoms with Crippen molar-refractivity contribution >= 4 is 0 Å². The fourth-order valence-corrected chi connectivity index (χ4v) is 3.22. The van der Waals surface area contributed by atoms with E-state index in [-0.39, 0.29) is 0 Å². The van der Waals surface area contributed by atoms with Crippen LogP contribution in [0.5, 0.6) is 0 Å². The van der Waals surface area contributed by atoms with Gasteiger partial charge >= 0.3 is 0 Å². The number of aromatic nitrogens is 1. The fraction of sp³-hybridized carbons (Fsp3) is 0.824.